The number of ether oxygens (including phenoxy) is 1. The maximum absolute atomic E-state index is 12.2. The molecule has 3 rings (SSSR count). The third-order valence-corrected chi connectivity index (χ3v) is 6.62. The zero-order valence-electron chi connectivity index (χ0n) is 15.6. The quantitative estimate of drug-likeness (QED) is 0.442. The molecule has 0 radical (unpaired) electrons. The van der Waals surface area contributed by atoms with Crippen LogP contribution in [0.2, 0.25) is 0 Å². The van der Waals surface area contributed by atoms with Crippen LogP contribution in [0.5, 0.6) is 0 Å². The van der Waals surface area contributed by atoms with E-state index in [-0.39, 0.29) is 17.6 Å². The molecular formula is C20H24N2O4S2. The highest BCUT2D eigenvalue weighted by Crippen LogP contribution is 2.25. The molecule has 0 unspecified atom stereocenters. The molecule has 1 saturated heterocycles. The van der Waals surface area contributed by atoms with Crippen LogP contribution in [0.25, 0.3) is 0 Å². The van der Waals surface area contributed by atoms with Gasteiger partial charge in [-0.15, -0.1) is 11.3 Å². The van der Waals surface area contributed by atoms with E-state index in [1.165, 1.54) is 34.0 Å². The number of hydrogen-bond donors (Lipinski definition) is 1. The molecule has 0 aliphatic carbocycles. The molecule has 0 saturated carbocycles. The van der Waals surface area contributed by atoms with E-state index in [4.69, 9.17) is 9.84 Å². The number of rotatable bonds is 11. The predicted octanol–water partition coefficient (Wildman–Crippen LogP) is 3.57. The van der Waals surface area contributed by atoms with E-state index in [2.05, 4.69) is 17.1 Å². The van der Waals surface area contributed by atoms with Crippen LogP contribution in [-0.2, 0) is 16.0 Å². The molecule has 2 heterocycles. The van der Waals surface area contributed by atoms with Crippen LogP contribution in [0.15, 0.2) is 40.1 Å². The van der Waals surface area contributed by atoms with Gasteiger partial charge in [-0.2, -0.15) is 0 Å². The van der Waals surface area contributed by atoms with E-state index in [1.54, 1.807) is 0 Å². The van der Waals surface area contributed by atoms with Crippen LogP contribution in [-0.4, -0.2) is 58.4 Å². The molecule has 2 aromatic rings. The number of carbonyl (C=O) groups is 2. The molecule has 0 bridgehead atoms. The Kier molecular flexibility index (Phi) is 7.88. The van der Waals surface area contributed by atoms with Gasteiger partial charge in [-0.05, 0) is 24.8 Å². The third-order valence-electron chi connectivity index (χ3n) is 4.62. The van der Waals surface area contributed by atoms with Gasteiger partial charge in [0, 0.05) is 30.7 Å². The molecule has 1 aromatic carbocycles. The van der Waals surface area contributed by atoms with Crippen molar-refractivity contribution in [1.82, 2.24) is 9.88 Å². The van der Waals surface area contributed by atoms with E-state index in [0.717, 1.165) is 23.6 Å². The van der Waals surface area contributed by atoms with Gasteiger partial charge >= 0.3 is 5.97 Å². The van der Waals surface area contributed by atoms with Crippen LogP contribution in [0.4, 0.5) is 0 Å². The number of carboxylic acids is 1. The number of benzene rings is 1. The number of likely N-dealkylation sites (tertiary alicyclic amines) is 1. The van der Waals surface area contributed by atoms with E-state index >= 15 is 0 Å². The first kappa shape index (κ1) is 20.8. The molecule has 1 aliphatic rings. The summed E-state index contributed by atoms with van der Waals surface area (Å²) >= 11 is 2.81. The van der Waals surface area contributed by atoms with Gasteiger partial charge in [0.2, 0.25) is 5.91 Å². The fourth-order valence-electron chi connectivity index (χ4n) is 3.17. The largest absolute Gasteiger partial charge is 0.476 e. The van der Waals surface area contributed by atoms with Crippen LogP contribution >= 0.6 is 23.1 Å². The second kappa shape index (κ2) is 10.6. The van der Waals surface area contributed by atoms with Gasteiger partial charge in [0.1, 0.15) is 0 Å². The summed E-state index contributed by atoms with van der Waals surface area (Å²) in [7, 11) is 0. The van der Waals surface area contributed by atoms with Crippen molar-refractivity contribution in [3.63, 3.8) is 0 Å². The number of thioether (sulfide) groups is 1. The van der Waals surface area contributed by atoms with Crippen molar-refractivity contribution < 1.29 is 19.4 Å². The second-order valence-electron chi connectivity index (χ2n) is 6.60. The van der Waals surface area contributed by atoms with Crippen molar-refractivity contribution >= 4 is 35.0 Å². The van der Waals surface area contributed by atoms with Crippen LogP contribution in [0.3, 0.4) is 0 Å². The lowest BCUT2D eigenvalue weighted by Gasteiger charge is -2.24. The average molecular weight is 421 g/mol. The number of aromatic carboxylic acids is 1. The van der Waals surface area contributed by atoms with E-state index in [9.17, 15) is 9.59 Å². The summed E-state index contributed by atoms with van der Waals surface area (Å²) in [6.07, 6.45) is 3.37. The number of amides is 1. The average Bonchev–Trinajstić information content (AvgIpc) is 3.30. The van der Waals surface area contributed by atoms with Gasteiger partial charge in [-0.3, -0.25) is 4.79 Å². The number of aromatic nitrogens is 1. The molecule has 150 valence electrons. The van der Waals surface area contributed by atoms with Crippen molar-refractivity contribution in [2.24, 2.45) is 0 Å². The molecule has 1 aliphatic heterocycles. The van der Waals surface area contributed by atoms with E-state index < -0.39 is 5.97 Å². The lowest BCUT2D eigenvalue weighted by molar-refractivity contribution is -0.129. The molecular weight excluding hydrogens is 396 g/mol. The zero-order valence-corrected chi connectivity index (χ0v) is 17.2. The standard InChI is InChI=1S/C20H24N2O4S2/c23-18-9-8-16(13-26-11-4-7-15-5-2-1-3-6-15)22(18)10-12-27-20-21-17(14-28-20)19(24)25/h1-3,5-6,14,16H,4,7-13H2,(H,24,25)/t16-/m1/s1. The zero-order chi connectivity index (χ0) is 19.8. The Morgan fingerprint density at radius 3 is 2.93 bits per heavy atom. The molecule has 1 N–H and O–H groups in total. The van der Waals surface area contributed by atoms with Gasteiger partial charge in [0.25, 0.3) is 0 Å². The van der Waals surface area contributed by atoms with Crippen molar-refractivity contribution in [3.8, 4) is 0 Å². The Morgan fingerprint density at radius 1 is 1.36 bits per heavy atom. The summed E-state index contributed by atoms with van der Waals surface area (Å²) in [5.41, 5.74) is 1.39. The molecule has 1 amide bonds. The number of hydrogen-bond acceptors (Lipinski definition) is 6. The second-order valence-corrected chi connectivity index (χ2v) is 8.80. The number of aryl methyl sites for hydroxylation is 1. The van der Waals surface area contributed by atoms with Crippen molar-refractivity contribution in [1.29, 1.82) is 0 Å². The van der Waals surface area contributed by atoms with Crippen molar-refractivity contribution in [3.05, 3.63) is 47.0 Å². The Bertz CT molecular complexity index is 782. The first-order chi connectivity index (χ1) is 13.6. The predicted molar refractivity (Wildman–Crippen MR) is 110 cm³/mol. The Labute approximate surface area is 172 Å². The summed E-state index contributed by atoms with van der Waals surface area (Å²) in [5, 5.41) is 10.5. The fraction of sp³-hybridized carbons (Fsp3) is 0.450. The SMILES string of the molecule is O=C(O)c1csc(SCCN2C(=O)CC[C@@H]2COCCCc2ccccc2)n1. The van der Waals surface area contributed by atoms with Gasteiger partial charge in [0.15, 0.2) is 10.0 Å². The van der Waals surface area contributed by atoms with Gasteiger partial charge in [-0.25, -0.2) is 9.78 Å². The first-order valence-electron chi connectivity index (χ1n) is 9.36. The minimum Gasteiger partial charge on any atom is -0.476 e. The normalized spacial score (nSPS) is 16.6. The summed E-state index contributed by atoms with van der Waals surface area (Å²) in [5.74, 6) is -0.144. The molecule has 0 spiro atoms. The van der Waals surface area contributed by atoms with Gasteiger partial charge in [0.05, 0.1) is 12.6 Å². The molecule has 1 aromatic heterocycles. The Morgan fingerprint density at radius 2 is 2.18 bits per heavy atom. The molecule has 1 atom stereocenters. The molecule has 28 heavy (non-hydrogen) atoms. The topological polar surface area (TPSA) is 79.7 Å². The number of thiazole rings is 1. The smallest absolute Gasteiger partial charge is 0.355 e. The summed E-state index contributed by atoms with van der Waals surface area (Å²) in [6, 6.07) is 10.5. The number of nitrogens with zero attached hydrogens (tertiary/aromatic N) is 2. The van der Waals surface area contributed by atoms with Crippen LogP contribution in [0, 0.1) is 0 Å². The van der Waals surface area contributed by atoms with Crippen molar-refractivity contribution in [2.45, 2.75) is 36.1 Å². The van der Waals surface area contributed by atoms with Crippen LogP contribution in [0.1, 0.15) is 35.3 Å². The van der Waals surface area contributed by atoms with Crippen molar-refractivity contribution in [2.75, 3.05) is 25.5 Å². The number of carboxylic acid groups (broad SMARTS) is 1. The molecule has 1 fully saturated rings. The summed E-state index contributed by atoms with van der Waals surface area (Å²) in [6.45, 7) is 1.90. The highest BCUT2D eigenvalue weighted by Gasteiger charge is 2.30. The summed E-state index contributed by atoms with van der Waals surface area (Å²) < 4.78 is 6.56. The van der Waals surface area contributed by atoms with Gasteiger partial charge < -0.3 is 14.7 Å². The molecule has 8 heteroatoms. The minimum absolute atomic E-state index is 0.0755. The number of carbonyl (C=O) groups excluding carboxylic acids is 1. The summed E-state index contributed by atoms with van der Waals surface area (Å²) in [4.78, 5) is 29.0. The van der Waals surface area contributed by atoms with E-state index in [0.29, 0.717) is 31.9 Å². The lowest BCUT2D eigenvalue weighted by Crippen LogP contribution is -2.37. The van der Waals surface area contributed by atoms with Crippen LogP contribution < -0.4 is 0 Å². The maximum atomic E-state index is 12.2. The fourth-order valence-corrected chi connectivity index (χ4v) is 4.98. The Balaban J connectivity index is 1.36. The minimum atomic E-state index is -1.01. The monoisotopic (exact) mass is 420 g/mol. The Hall–Kier alpha value is -1.90. The first-order valence-corrected chi connectivity index (χ1v) is 11.2. The third kappa shape index (κ3) is 6.05. The lowest BCUT2D eigenvalue weighted by atomic mass is 10.1. The van der Waals surface area contributed by atoms with E-state index in [1.807, 2.05) is 23.1 Å². The maximum Gasteiger partial charge on any atom is 0.355 e. The highest BCUT2D eigenvalue weighted by molar-refractivity contribution is 8.01. The highest BCUT2D eigenvalue weighted by atomic mass is 32.2. The van der Waals surface area contributed by atoms with Gasteiger partial charge in [-0.1, -0.05) is 42.1 Å². The molecule has 6 nitrogen and oxygen atoms in total.